The number of hydrogen-bond acceptors (Lipinski definition) is 5. The van der Waals surface area contributed by atoms with E-state index in [0.29, 0.717) is 19.1 Å². The monoisotopic (exact) mass is 211 g/mol. The van der Waals surface area contributed by atoms with Crippen molar-refractivity contribution >= 4 is 12.6 Å². The molecular weight excluding hydrogens is 197 g/mol. The van der Waals surface area contributed by atoms with Crippen LogP contribution in [-0.4, -0.2) is 35.4 Å². The van der Waals surface area contributed by atoms with Crippen molar-refractivity contribution in [3.05, 3.63) is 12.1 Å². The standard InChI is InChI=1S/C9H14BNO4/c1-3-14-8-6-5-7(10(12)13)9(11-8)15-4-2/h5-6,12-13H,3-4H2,1-2H3. The van der Waals surface area contributed by atoms with Crippen LogP contribution in [0.15, 0.2) is 12.1 Å². The fourth-order valence-corrected chi connectivity index (χ4v) is 1.11. The second kappa shape index (κ2) is 5.58. The zero-order chi connectivity index (χ0) is 11.3. The molecule has 0 radical (unpaired) electrons. The van der Waals surface area contributed by atoms with Crippen LogP contribution < -0.4 is 14.9 Å². The van der Waals surface area contributed by atoms with Crippen molar-refractivity contribution in [3.8, 4) is 11.8 Å². The van der Waals surface area contributed by atoms with E-state index in [9.17, 15) is 0 Å². The fraction of sp³-hybridized carbons (Fsp3) is 0.444. The Bertz CT molecular complexity index is 319. The quantitative estimate of drug-likeness (QED) is 0.646. The summed E-state index contributed by atoms with van der Waals surface area (Å²) >= 11 is 0. The highest BCUT2D eigenvalue weighted by molar-refractivity contribution is 6.59. The summed E-state index contributed by atoms with van der Waals surface area (Å²) in [7, 11) is -1.59. The summed E-state index contributed by atoms with van der Waals surface area (Å²) in [5.74, 6) is 0.601. The first-order valence-electron chi connectivity index (χ1n) is 4.81. The van der Waals surface area contributed by atoms with E-state index in [1.54, 1.807) is 13.0 Å². The van der Waals surface area contributed by atoms with Gasteiger partial charge in [0.1, 0.15) is 0 Å². The number of aromatic nitrogens is 1. The molecule has 1 aromatic rings. The Morgan fingerprint density at radius 2 is 1.87 bits per heavy atom. The van der Waals surface area contributed by atoms with Crippen molar-refractivity contribution in [2.24, 2.45) is 0 Å². The normalized spacial score (nSPS) is 9.87. The van der Waals surface area contributed by atoms with Gasteiger partial charge in [-0.1, -0.05) is 6.07 Å². The van der Waals surface area contributed by atoms with Crippen molar-refractivity contribution in [2.75, 3.05) is 13.2 Å². The molecule has 0 amide bonds. The summed E-state index contributed by atoms with van der Waals surface area (Å²) in [5.41, 5.74) is 0.236. The Morgan fingerprint density at radius 1 is 1.20 bits per heavy atom. The predicted octanol–water partition coefficient (Wildman–Crippen LogP) is -0.441. The van der Waals surface area contributed by atoms with Gasteiger partial charge in [-0.2, -0.15) is 4.98 Å². The summed E-state index contributed by atoms with van der Waals surface area (Å²) in [5, 5.41) is 18.1. The van der Waals surface area contributed by atoms with Crippen LogP contribution in [0.25, 0.3) is 0 Å². The van der Waals surface area contributed by atoms with Gasteiger partial charge < -0.3 is 19.5 Å². The molecule has 15 heavy (non-hydrogen) atoms. The Hall–Kier alpha value is -1.27. The van der Waals surface area contributed by atoms with Crippen LogP contribution in [0.3, 0.4) is 0 Å². The first-order valence-corrected chi connectivity index (χ1v) is 4.81. The van der Waals surface area contributed by atoms with E-state index in [1.807, 2.05) is 6.92 Å². The van der Waals surface area contributed by atoms with E-state index in [2.05, 4.69) is 4.98 Å². The number of rotatable bonds is 5. The molecule has 0 bridgehead atoms. The third-order valence-corrected chi connectivity index (χ3v) is 1.72. The molecule has 1 heterocycles. The van der Waals surface area contributed by atoms with Crippen LogP contribution in [-0.2, 0) is 0 Å². The van der Waals surface area contributed by atoms with Crippen LogP contribution in [0.5, 0.6) is 11.8 Å². The molecule has 0 saturated carbocycles. The van der Waals surface area contributed by atoms with Gasteiger partial charge in [0.2, 0.25) is 11.8 Å². The lowest BCUT2D eigenvalue weighted by atomic mass is 9.81. The Morgan fingerprint density at radius 3 is 2.40 bits per heavy atom. The molecule has 0 atom stereocenters. The number of hydrogen-bond donors (Lipinski definition) is 2. The van der Waals surface area contributed by atoms with Crippen molar-refractivity contribution in [1.29, 1.82) is 0 Å². The van der Waals surface area contributed by atoms with Crippen molar-refractivity contribution in [3.63, 3.8) is 0 Å². The van der Waals surface area contributed by atoms with Gasteiger partial charge in [-0.25, -0.2) is 0 Å². The summed E-state index contributed by atoms with van der Waals surface area (Å²) in [6.45, 7) is 4.54. The van der Waals surface area contributed by atoms with Gasteiger partial charge in [-0.3, -0.25) is 0 Å². The first kappa shape index (κ1) is 11.8. The second-order valence-corrected chi connectivity index (χ2v) is 2.78. The molecule has 1 rings (SSSR count). The van der Waals surface area contributed by atoms with E-state index in [0.717, 1.165) is 0 Å². The molecule has 5 nitrogen and oxygen atoms in total. The molecule has 0 aliphatic rings. The minimum absolute atomic E-state index is 0.193. The van der Waals surface area contributed by atoms with Crippen molar-refractivity contribution < 1.29 is 19.5 Å². The molecule has 6 heteroatoms. The van der Waals surface area contributed by atoms with Crippen LogP contribution in [0.2, 0.25) is 0 Å². The van der Waals surface area contributed by atoms with Crippen molar-refractivity contribution in [1.82, 2.24) is 4.98 Å². The molecule has 0 spiro atoms. The lowest BCUT2D eigenvalue weighted by Crippen LogP contribution is -2.32. The molecule has 1 aromatic heterocycles. The Balaban J connectivity index is 2.97. The van der Waals surface area contributed by atoms with E-state index in [4.69, 9.17) is 19.5 Å². The number of ether oxygens (including phenoxy) is 2. The molecular formula is C9H14BNO4. The average molecular weight is 211 g/mol. The van der Waals surface area contributed by atoms with Gasteiger partial charge in [0.05, 0.1) is 13.2 Å². The SMILES string of the molecule is CCOc1ccc(B(O)O)c(OCC)n1. The minimum atomic E-state index is -1.59. The first-order chi connectivity index (χ1) is 7.19. The number of pyridine rings is 1. The molecule has 0 aliphatic heterocycles. The van der Waals surface area contributed by atoms with E-state index in [-0.39, 0.29) is 11.3 Å². The van der Waals surface area contributed by atoms with Crippen molar-refractivity contribution in [2.45, 2.75) is 13.8 Å². The summed E-state index contributed by atoms with van der Waals surface area (Å²) in [4.78, 5) is 4.01. The molecule has 82 valence electrons. The highest BCUT2D eigenvalue weighted by atomic mass is 16.5. The molecule has 0 aromatic carbocycles. The van der Waals surface area contributed by atoms with Gasteiger partial charge in [0.15, 0.2) is 0 Å². The van der Waals surface area contributed by atoms with Crippen LogP contribution >= 0.6 is 0 Å². The molecule has 2 N–H and O–H groups in total. The zero-order valence-electron chi connectivity index (χ0n) is 8.80. The smallest absolute Gasteiger partial charge is 0.478 e. The maximum Gasteiger partial charge on any atom is 0.494 e. The summed E-state index contributed by atoms with van der Waals surface area (Å²) in [6.07, 6.45) is 0. The van der Waals surface area contributed by atoms with E-state index >= 15 is 0 Å². The summed E-state index contributed by atoms with van der Waals surface area (Å²) < 4.78 is 10.3. The van der Waals surface area contributed by atoms with Gasteiger partial charge >= 0.3 is 7.12 Å². The Kier molecular flexibility index (Phi) is 4.39. The second-order valence-electron chi connectivity index (χ2n) is 2.78. The average Bonchev–Trinajstić information content (AvgIpc) is 2.18. The highest BCUT2D eigenvalue weighted by Crippen LogP contribution is 2.12. The molecule has 0 fully saturated rings. The minimum Gasteiger partial charge on any atom is -0.478 e. The third kappa shape index (κ3) is 3.11. The predicted molar refractivity (Wildman–Crippen MR) is 56.4 cm³/mol. The van der Waals surface area contributed by atoms with Crippen LogP contribution in [0, 0.1) is 0 Å². The maximum atomic E-state index is 9.05. The largest absolute Gasteiger partial charge is 0.494 e. The highest BCUT2D eigenvalue weighted by Gasteiger charge is 2.19. The van der Waals surface area contributed by atoms with Crippen LogP contribution in [0.4, 0.5) is 0 Å². The molecule has 0 saturated heterocycles. The maximum absolute atomic E-state index is 9.05. The van der Waals surface area contributed by atoms with E-state index in [1.165, 1.54) is 6.07 Å². The molecule has 0 unspecified atom stereocenters. The van der Waals surface area contributed by atoms with E-state index < -0.39 is 7.12 Å². The number of nitrogens with zero attached hydrogens (tertiary/aromatic N) is 1. The topological polar surface area (TPSA) is 71.8 Å². The third-order valence-electron chi connectivity index (χ3n) is 1.72. The molecule has 0 aliphatic carbocycles. The van der Waals surface area contributed by atoms with Gasteiger partial charge in [0.25, 0.3) is 0 Å². The Labute approximate surface area is 88.8 Å². The summed E-state index contributed by atoms with van der Waals surface area (Å²) in [6, 6.07) is 3.09. The van der Waals surface area contributed by atoms with Gasteiger partial charge in [0, 0.05) is 11.5 Å². The fourth-order valence-electron chi connectivity index (χ4n) is 1.11. The zero-order valence-corrected chi connectivity index (χ0v) is 8.80. The van der Waals surface area contributed by atoms with Gasteiger partial charge in [-0.05, 0) is 13.8 Å². The lowest BCUT2D eigenvalue weighted by Gasteiger charge is -2.10. The van der Waals surface area contributed by atoms with Crippen LogP contribution in [0.1, 0.15) is 13.8 Å². The van der Waals surface area contributed by atoms with Gasteiger partial charge in [-0.15, -0.1) is 0 Å². The lowest BCUT2D eigenvalue weighted by molar-refractivity contribution is 0.299.